The molecule has 110 valence electrons. The standard InChI is InChI=1S/C14H13F3N4/c1-9-11(8-20-21(9)2)7-19-13-5-10(6-18)3-4-12(13)14(15,16)17/h3-5,8,19H,7H2,1-2H3. The van der Waals surface area contributed by atoms with E-state index in [1.165, 1.54) is 6.07 Å². The van der Waals surface area contributed by atoms with Crippen LogP contribution in [0.3, 0.4) is 0 Å². The van der Waals surface area contributed by atoms with Crippen LogP contribution < -0.4 is 5.32 Å². The Morgan fingerprint density at radius 3 is 2.62 bits per heavy atom. The zero-order valence-electron chi connectivity index (χ0n) is 11.5. The van der Waals surface area contributed by atoms with Crippen molar-refractivity contribution in [1.29, 1.82) is 5.26 Å². The maximum absolute atomic E-state index is 13.0. The number of aromatic nitrogens is 2. The van der Waals surface area contributed by atoms with Crippen molar-refractivity contribution in [2.75, 3.05) is 5.32 Å². The number of nitrogens with zero attached hydrogens (tertiary/aromatic N) is 3. The number of nitriles is 1. The van der Waals surface area contributed by atoms with Gasteiger partial charge in [0.1, 0.15) is 0 Å². The maximum atomic E-state index is 13.0. The summed E-state index contributed by atoms with van der Waals surface area (Å²) in [6.07, 6.45) is -2.87. The highest BCUT2D eigenvalue weighted by atomic mass is 19.4. The summed E-state index contributed by atoms with van der Waals surface area (Å²) in [6.45, 7) is 2.04. The topological polar surface area (TPSA) is 53.6 Å². The molecule has 2 aromatic rings. The van der Waals surface area contributed by atoms with Crippen LogP contribution in [0.2, 0.25) is 0 Å². The van der Waals surface area contributed by atoms with Gasteiger partial charge in [0, 0.05) is 30.5 Å². The van der Waals surface area contributed by atoms with E-state index in [1.807, 2.05) is 13.0 Å². The highest BCUT2D eigenvalue weighted by Gasteiger charge is 2.33. The third-order valence-corrected chi connectivity index (χ3v) is 3.26. The highest BCUT2D eigenvalue weighted by molar-refractivity contribution is 5.57. The molecule has 0 amide bonds. The Labute approximate surface area is 119 Å². The Morgan fingerprint density at radius 1 is 1.38 bits per heavy atom. The minimum absolute atomic E-state index is 0.107. The molecule has 0 unspecified atom stereocenters. The summed E-state index contributed by atoms with van der Waals surface area (Å²) in [5.41, 5.74) is 0.946. The molecule has 0 radical (unpaired) electrons. The number of hydrogen-bond donors (Lipinski definition) is 1. The van der Waals surface area contributed by atoms with Gasteiger partial charge >= 0.3 is 6.18 Å². The number of halogens is 3. The lowest BCUT2D eigenvalue weighted by molar-refractivity contribution is -0.137. The van der Waals surface area contributed by atoms with Gasteiger partial charge < -0.3 is 5.32 Å². The molecule has 0 spiro atoms. The zero-order valence-corrected chi connectivity index (χ0v) is 11.5. The van der Waals surface area contributed by atoms with Crippen LogP contribution in [0.5, 0.6) is 0 Å². The molecule has 0 saturated heterocycles. The Hall–Kier alpha value is -2.49. The molecule has 1 N–H and O–H groups in total. The molecule has 0 aliphatic rings. The first kappa shape index (κ1) is 14.9. The monoisotopic (exact) mass is 294 g/mol. The van der Waals surface area contributed by atoms with Crippen LogP contribution in [0.4, 0.5) is 18.9 Å². The molecule has 0 atom stereocenters. The molecule has 0 saturated carbocycles. The van der Waals surface area contributed by atoms with E-state index < -0.39 is 11.7 Å². The minimum Gasteiger partial charge on any atom is -0.380 e. The molecule has 0 fully saturated rings. The summed E-state index contributed by atoms with van der Waals surface area (Å²) in [4.78, 5) is 0. The average molecular weight is 294 g/mol. The van der Waals surface area contributed by atoms with Gasteiger partial charge in [0.25, 0.3) is 0 Å². The maximum Gasteiger partial charge on any atom is 0.418 e. The lowest BCUT2D eigenvalue weighted by Gasteiger charge is -2.14. The summed E-state index contributed by atoms with van der Waals surface area (Å²) < 4.78 is 40.5. The molecule has 0 aliphatic heterocycles. The second kappa shape index (κ2) is 5.48. The number of aryl methyl sites for hydroxylation is 1. The van der Waals surface area contributed by atoms with E-state index in [9.17, 15) is 13.2 Å². The molecule has 4 nitrogen and oxygen atoms in total. The van der Waals surface area contributed by atoms with Gasteiger partial charge in [0.05, 0.1) is 23.4 Å². The molecule has 21 heavy (non-hydrogen) atoms. The fourth-order valence-corrected chi connectivity index (χ4v) is 1.92. The van der Waals surface area contributed by atoms with Gasteiger partial charge in [-0.1, -0.05) is 0 Å². The minimum atomic E-state index is -4.47. The van der Waals surface area contributed by atoms with Gasteiger partial charge in [-0.05, 0) is 25.1 Å². The summed E-state index contributed by atoms with van der Waals surface area (Å²) in [6, 6.07) is 5.11. The molecular formula is C14H13F3N4. The van der Waals surface area contributed by atoms with E-state index in [2.05, 4.69) is 10.4 Å². The largest absolute Gasteiger partial charge is 0.418 e. The van der Waals surface area contributed by atoms with Crippen molar-refractivity contribution >= 4 is 5.69 Å². The van der Waals surface area contributed by atoms with E-state index in [-0.39, 0.29) is 17.8 Å². The van der Waals surface area contributed by atoms with Crippen molar-refractivity contribution < 1.29 is 13.2 Å². The first-order valence-corrected chi connectivity index (χ1v) is 6.15. The first-order chi connectivity index (χ1) is 9.82. The molecule has 7 heteroatoms. The van der Waals surface area contributed by atoms with Crippen molar-refractivity contribution in [1.82, 2.24) is 9.78 Å². The summed E-state index contributed by atoms with van der Waals surface area (Å²) in [5, 5.41) is 15.6. The SMILES string of the molecule is Cc1c(CNc2cc(C#N)ccc2C(F)(F)F)cnn1C. The van der Waals surface area contributed by atoms with E-state index in [0.717, 1.165) is 23.4 Å². The molecule has 1 heterocycles. The van der Waals surface area contributed by atoms with Gasteiger partial charge in [-0.15, -0.1) is 0 Å². The number of nitrogens with one attached hydrogen (secondary N) is 1. The number of benzene rings is 1. The molecule has 1 aromatic heterocycles. The van der Waals surface area contributed by atoms with Gasteiger partial charge in [0.2, 0.25) is 0 Å². The van der Waals surface area contributed by atoms with Gasteiger partial charge in [-0.3, -0.25) is 4.68 Å². The molecule has 0 aliphatic carbocycles. The van der Waals surface area contributed by atoms with Crippen molar-refractivity contribution in [3.8, 4) is 6.07 Å². The number of hydrogen-bond acceptors (Lipinski definition) is 3. The van der Waals surface area contributed by atoms with Crippen LogP contribution in [0, 0.1) is 18.3 Å². The van der Waals surface area contributed by atoms with E-state index in [1.54, 1.807) is 17.9 Å². The Balaban J connectivity index is 2.30. The van der Waals surface area contributed by atoms with Gasteiger partial charge in [-0.25, -0.2) is 0 Å². The zero-order chi connectivity index (χ0) is 15.6. The first-order valence-electron chi connectivity index (χ1n) is 6.15. The van der Waals surface area contributed by atoms with Crippen LogP contribution in [0.25, 0.3) is 0 Å². The van der Waals surface area contributed by atoms with Gasteiger partial charge in [0.15, 0.2) is 0 Å². The van der Waals surface area contributed by atoms with Crippen molar-refractivity contribution in [3.05, 3.63) is 46.8 Å². The second-order valence-corrected chi connectivity index (χ2v) is 4.60. The second-order valence-electron chi connectivity index (χ2n) is 4.60. The van der Waals surface area contributed by atoms with Crippen LogP contribution >= 0.6 is 0 Å². The number of alkyl halides is 3. The van der Waals surface area contributed by atoms with Crippen LogP contribution in [0.1, 0.15) is 22.4 Å². The third kappa shape index (κ3) is 3.16. The highest BCUT2D eigenvalue weighted by Crippen LogP contribution is 2.35. The van der Waals surface area contributed by atoms with Crippen molar-refractivity contribution in [2.24, 2.45) is 7.05 Å². The predicted molar refractivity (Wildman–Crippen MR) is 71.4 cm³/mol. The molecule has 1 aromatic carbocycles. The number of rotatable bonds is 3. The third-order valence-electron chi connectivity index (χ3n) is 3.26. The fraction of sp³-hybridized carbons (Fsp3) is 0.286. The Bertz CT molecular complexity index is 695. The molecule has 2 rings (SSSR count). The van der Waals surface area contributed by atoms with Crippen LogP contribution in [-0.4, -0.2) is 9.78 Å². The van der Waals surface area contributed by atoms with Crippen LogP contribution in [-0.2, 0) is 19.8 Å². The lowest BCUT2D eigenvalue weighted by atomic mass is 10.1. The number of anilines is 1. The van der Waals surface area contributed by atoms with E-state index in [0.29, 0.717) is 0 Å². The lowest BCUT2D eigenvalue weighted by Crippen LogP contribution is -2.11. The summed E-state index contributed by atoms with van der Waals surface area (Å²) in [7, 11) is 1.76. The smallest absolute Gasteiger partial charge is 0.380 e. The Kier molecular flexibility index (Phi) is 3.89. The van der Waals surface area contributed by atoms with E-state index >= 15 is 0 Å². The van der Waals surface area contributed by atoms with Crippen LogP contribution in [0.15, 0.2) is 24.4 Å². The summed E-state index contributed by atoms with van der Waals surface area (Å²) in [5.74, 6) is 0. The fourth-order valence-electron chi connectivity index (χ4n) is 1.92. The average Bonchev–Trinajstić information content (AvgIpc) is 2.75. The quantitative estimate of drug-likeness (QED) is 0.945. The normalized spacial score (nSPS) is 11.2. The van der Waals surface area contributed by atoms with Crippen molar-refractivity contribution in [2.45, 2.75) is 19.6 Å². The van der Waals surface area contributed by atoms with Crippen molar-refractivity contribution in [3.63, 3.8) is 0 Å². The predicted octanol–water partition coefficient (Wildman–Crippen LogP) is 3.23. The molecular weight excluding hydrogens is 281 g/mol. The summed E-state index contributed by atoms with van der Waals surface area (Å²) >= 11 is 0. The molecule has 0 bridgehead atoms. The van der Waals surface area contributed by atoms with Gasteiger partial charge in [-0.2, -0.15) is 23.5 Å². The van der Waals surface area contributed by atoms with E-state index in [4.69, 9.17) is 5.26 Å². The Morgan fingerprint density at radius 2 is 2.10 bits per heavy atom.